The number of aromatic nitrogens is 1. The van der Waals surface area contributed by atoms with Gasteiger partial charge in [-0.05, 0) is 162 Å². The van der Waals surface area contributed by atoms with E-state index in [1.165, 1.54) is 127 Å². The van der Waals surface area contributed by atoms with Crippen LogP contribution in [0.1, 0.15) is 99.9 Å². The summed E-state index contributed by atoms with van der Waals surface area (Å²) >= 11 is 0. The van der Waals surface area contributed by atoms with Gasteiger partial charge < -0.3 is 18.3 Å². The predicted octanol–water partition coefficient (Wildman–Crippen LogP) is 21.3. The second-order valence-corrected chi connectivity index (χ2v) is 25.9. The molecule has 0 bridgehead atoms. The van der Waals surface area contributed by atoms with Crippen molar-refractivity contribution in [1.82, 2.24) is 4.57 Å². The number of benzene rings is 11. The molecular weight excluding hydrogens is 997 g/mol. The Hall–Kier alpha value is -9.38. The van der Waals surface area contributed by atoms with Gasteiger partial charge in [-0.2, -0.15) is 0 Å². The SMILES string of the molecule is CC1(C)c2cc(N(c3ccc4c(c3)C(C)(C)c3c5c(c6c(oc7ccccc76)c3-4)-c3ccccc3C5(C)C)c3cccc4c5ccccc5n(-c5ccccc5)c34)ccc2-c2cc3c(cc21)-c1c(ccc2oc4ccccc4c12)C3(C)C. The molecule has 4 nitrogen and oxygen atoms in total. The molecule has 0 radical (unpaired) electrons. The molecule has 4 heteroatoms. The minimum absolute atomic E-state index is 0.206. The zero-order chi connectivity index (χ0) is 55.1. The van der Waals surface area contributed by atoms with Gasteiger partial charge in [0.25, 0.3) is 0 Å². The summed E-state index contributed by atoms with van der Waals surface area (Å²) in [6.45, 7) is 19.5. The van der Waals surface area contributed by atoms with Crippen LogP contribution >= 0.6 is 0 Å². The maximum atomic E-state index is 7.16. The molecule has 4 aliphatic rings. The van der Waals surface area contributed by atoms with Crippen LogP contribution in [0.4, 0.5) is 17.1 Å². The number of fused-ring (bicyclic) bond motifs is 25. The Morgan fingerprint density at radius 3 is 1.68 bits per heavy atom. The monoisotopic (exact) mass is 1050 g/mol. The van der Waals surface area contributed by atoms with Crippen molar-refractivity contribution in [3.63, 3.8) is 0 Å². The second-order valence-electron chi connectivity index (χ2n) is 25.9. The summed E-state index contributed by atoms with van der Waals surface area (Å²) in [4.78, 5) is 2.57. The lowest BCUT2D eigenvalue weighted by molar-refractivity contribution is 0.600. The molecule has 0 fully saturated rings. The van der Waals surface area contributed by atoms with Gasteiger partial charge in [0, 0.05) is 76.6 Å². The highest BCUT2D eigenvalue weighted by atomic mass is 16.3. The van der Waals surface area contributed by atoms with E-state index in [0.717, 1.165) is 50.6 Å². The van der Waals surface area contributed by atoms with E-state index in [2.05, 4.69) is 271 Å². The normalized spacial score (nSPS) is 16.0. The third-order valence-electron chi connectivity index (χ3n) is 20.3. The molecule has 0 atom stereocenters. The van der Waals surface area contributed by atoms with Crippen LogP contribution in [-0.2, 0) is 21.7 Å². The average molecular weight is 1060 g/mol. The fraction of sp³-hybridized carbons (Fsp3) is 0.154. The number of hydrogen-bond acceptors (Lipinski definition) is 3. The Morgan fingerprint density at radius 1 is 0.341 bits per heavy atom. The first-order valence-corrected chi connectivity index (χ1v) is 29.2. The summed E-state index contributed by atoms with van der Waals surface area (Å²) in [5.74, 6) is 0. The van der Waals surface area contributed by atoms with Crippen LogP contribution in [0.25, 0.3) is 116 Å². The Labute approximate surface area is 476 Å². The highest BCUT2D eigenvalue weighted by molar-refractivity contribution is 6.21. The van der Waals surface area contributed by atoms with Crippen molar-refractivity contribution < 1.29 is 8.83 Å². The van der Waals surface area contributed by atoms with Crippen LogP contribution < -0.4 is 4.90 Å². The first kappa shape index (κ1) is 46.4. The van der Waals surface area contributed by atoms with E-state index in [1.54, 1.807) is 0 Å². The Morgan fingerprint density at radius 2 is 0.902 bits per heavy atom. The van der Waals surface area contributed by atoms with Crippen molar-refractivity contribution in [2.75, 3.05) is 4.90 Å². The average Bonchev–Trinajstić information content (AvgIpc) is 1.81. The maximum absolute atomic E-state index is 7.16. The van der Waals surface area contributed by atoms with E-state index in [0.29, 0.717) is 0 Å². The van der Waals surface area contributed by atoms with Crippen LogP contribution in [0, 0.1) is 0 Å². The number of rotatable bonds is 4. The lowest BCUT2D eigenvalue weighted by Gasteiger charge is -2.32. The van der Waals surface area contributed by atoms with Gasteiger partial charge in [-0.15, -0.1) is 0 Å². The highest BCUT2D eigenvalue weighted by Crippen LogP contribution is 2.65. The molecule has 0 spiro atoms. The number of nitrogens with zero attached hydrogens (tertiary/aromatic N) is 2. The molecule has 11 aromatic carbocycles. The van der Waals surface area contributed by atoms with E-state index >= 15 is 0 Å². The molecule has 392 valence electrons. The molecule has 18 rings (SSSR count). The minimum Gasteiger partial charge on any atom is -0.456 e. The molecule has 0 unspecified atom stereocenters. The van der Waals surface area contributed by atoms with Crippen LogP contribution in [0.2, 0.25) is 0 Å². The van der Waals surface area contributed by atoms with E-state index in [9.17, 15) is 0 Å². The number of para-hydroxylation sites is 5. The summed E-state index contributed by atoms with van der Waals surface area (Å²) in [5, 5.41) is 7.22. The molecule has 0 saturated carbocycles. The van der Waals surface area contributed by atoms with Crippen molar-refractivity contribution in [1.29, 1.82) is 0 Å². The maximum Gasteiger partial charge on any atom is 0.144 e. The van der Waals surface area contributed by atoms with Gasteiger partial charge in [0.15, 0.2) is 0 Å². The summed E-state index contributed by atoms with van der Waals surface area (Å²) in [7, 11) is 0. The molecule has 0 N–H and O–H groups in total. The zero-order valence-electron chi connectivity index (χ0n) is 47.3. The second kappa shape index (κ2) is 15.3. The molecule has 0 amide bonds. The predicted molar refractivity (Wildman–Crippen MR) is 340 cm³/mol. The van der Waals surface area contributed by atoms with Crippen molar-refractivity contribution >= 4 is 82.7 Å². The largest absolute Gasteiger partial charge is 0.456 e. The van der Waals surface area contributed by atoms with Crippen molar-refractivity contribution in [2.24, 2.45) is 0 Å². The zero-order valence-corrected chi connectivity index (χ0v) is 47.3. The Bertz CT molecular complexity index is 5230. The van der Waals surface area contributed by atoms with Gasteiger partial charge >= 0.3 is 0 Å². The third-order valence-corrected chi connectivity index (χ3v) is 20.3. The third kappa shape index (κ3) is 5.58. The molecule has 14 aromatic rings. The van der Waals surface area contributed by atoms with Crippen LogP contribution in [0.15, 0.2) is 215 Å². The van der Waals surface area contributed by atoms with Crippen molar-refractivity contribution in [3.8, 4) is 50.2 Å². The van der Waals surface area contributed by atoms with E-state index < -0.39 is 5.41 Å². The van der Waals surface area contributed by atoms with Gasteiger partial charge in [0.1, 0.15) is 22.3 Å². The van der Waals surface area contributed by atoms with Gasteiger partial charge in [-0.25, -0.2) is 0 Å². The van der Waals surface area contributed by atoms with Gasteiger partial charge in [-0.1, -0.05) is 183 Å². The number of anilines is 3. The minimum atomic E-state index is -0.392. The lowest BCUT2D eigenvalue weighted by atomic mass is 9.72. The standard InChI is InChI=1S/C78H58N2O2/c1-75(2)56-37-38-65-67(51-25-14-18-31-63(51)81-65)66(56)54-42-59-53(41-60(54)75)46-35-33-44(39-57(46)76(59,3)4)79(62-30-20-27-48-47-23-13-17-29-61(47)80(73(48)62)43-21-10-9-11-22-43)45-34-36-50-58(40-45)78(7,8)72-70(50)74-69(52-26-15-19-32-64(52)82-74)68-49-24-12-16-28-55(49)77(5,6)71(68)72/h9-42H,1-8H3. The smallest absolute Gasteiger partial charge is 0.144 e. The molecular formula is C78H58N2O2. The van der Waals surface area contributed by atoms with Crippen LogP contribution in [-0.4, -0.2) is 4.57 Å². The van der Waals surface area contributed by atoms with Crippen molar-refractivity contribution in [2.45, 2.75) is 77.0 Å². The molecule has 4 aliphatic carbocycles. The first-order chi connectivity index (χ1) is 39.7. The summed E-state index contributed by atoms with van der Waals surface area (Å²) in [5.41, 5.74) is 30.7. The van der Waals surface area contributed by atoms with Crippen LogP contribution in [0.3, 0.4) is 0 Å². The molecule has 82 heavy (non-hydrogen) atoms. The van der Waals surface area contributed by atoms with Gasteiger partial charge in [0.05, 0.1) is 16.7 Å². The quantitative estimate of drug-likeness (QED) is 0.176. The fourth-order valence-electron chi connectivity index (χ4n) is 16.5. The summed E-state index contributed by atoms with van der Waals surface area (Å²) in [6.07, 6.45) is 0. The molecule has 3 aromatic heterocycles. The van der Waals surface area contributed by atoms with Crippen molar-refractivity contribution in [3.05, 3.63) is 251 Å². The molecule has 3 heterocycles. The summed E-state index contributed by atoms with van der Waals surface area (Å²) < 4.78 is 16.2. The summed E-state index contributed by atoms with van der Waals surface area (Å²) in [6, 6.07) is 77.2. The molecule has 0 saturated heterocycles. The first-order valence-electron chi connectivity index (χ1n) is 29.2. The van der Waals surface area contributed by atoms with E-state index in [1.807, 2.05) is 0 Å². The van der Waals surface area contributed by atoms with E-state index in [4.69, 9.17) is 8.83 Å². The van der Waals surface area contributed by atoms with E-state index in [-0.39, 0.29) is 16.2 Å². The van der Waals surface area contributed by atoms with Gasteiger partial charge in [0.2, 0.25) is 0 Å². The van der Waals surface area contributed by atoms with Gasteiger partial charge in [-0.3, -0.25) is 0 Å². The Kier molecular flexibility index (Phi) is 8.67. The van der Waals surface area contributed by atoms with Crippen LogP contribution in [0.5, 0.6) is 0 Å². The topological polar surface area (TPSA) is 34.5 Å². The lowest BCUT2D eigenvalue weighted by Crippen LogP contribution is -2.24. The highest BCUT2D eigenvalue weighted by Gasteiger charge is 2.49. The fourth-order valence-corrected chi connectivity index (χ4v) is 16.5. The number of furan rings is 2. The number of hydrogen-bond donors (Lipinski definition) is 0. The Balaban J connectivity index is 0.880. The molecule has 0 aliphatic heterocycles.